The van der Waals surface area contributed by atoms with Crippen LogP contribution in [0, 0.1) is 13.8 Å². The summed E-state index contributed by atoms with van der Waals surface area (Å²) in [6, 6.07) is 4.39. The highest BCUT2D eigenvalue weighted by Gasteiger charge is 2.20. The van der Waals surface area contributed by atoms with Crippen LogP contribution >= 0.6 is 0 Å². The van der Waals surface area contributed by atoms with Crippen LogP contribution in [0.5, 0.6) is 0 Å². The molecule has 2 aromatic rings. The Hall–Kier alpha value is -2.22. The zero-order valence-corrected chi connectivity index (χ0v) is 34.1. The third-order valence-corrected chi connectivity index (χ3v) is 10.6. The van der Waals surface area contributed by atoms with Gasteiger partial charge < -0.3 is 30.4 Å². The lowest BCUT2D eigenvalue weighted by molar-refractivity contribution is -0.900. The molecule has 2 aromatic carbocycles. The van der Waals surface area contributed by atoms with E-state index in [1.807, 2.05) is 9.80 Å². The number of aryl methyl sites for hydroxylation is 2. The second-order valence-electron chi connectivity index (χ2n) is 13.4. The molecule has 0 radical (unpaired) electrons. The van der Waals surface area contributed by atoms with E-state index in [2.05, 4.69) is 41.5 Å². The Morgan fingerprint density at radius 2 is 0.700 bits per heavy atom. The fraction of sp³-hybridized carbons (Fsp3) is 0.684. The third kappa shape index (κ3) is 18.9. The summed E-state index contributed by atoms with van der Waals surface area (Å²) in [7, 11) is -9.93. The molecule has 0 fully saturated rings. The number of nitrogens with one attached hydrogen (secondary N) is 2. The molecule has 0 unspecified atom stereocenters. The molecule has 6 N–H and O–H groups in total. The van der Waals surface area contributed by atoms with E-state index < -0.39 is 30.0 Å². The van der Waals surface area contributed by atoms with Gasteiger partial charge in [0.15, 0.2) is 0 Å². The van der Waals surface area contributed by atoms with Gasteiger partial charge in [-0.25, -0.2) is 16.8 Å². The Balaban J connectivity index is 0.000000789. The smallest absolute Gasteiger partial charge is 0.125 e. The Morgan fingerprint density at radius 1 is 0.480 bits per heavy atom. The first-order valence-electron chi connectivity index (χ1n) is 18.9. The quantitative estimate of drug-likeness (QED) is 0.0960. The molecule has 0 heterocycles. The topological polar surface area (TPSA) is 175 Å². The Labute approximate surface area is 305 Å². The largest absolute Gasteiger partial charge is 0.744 e. The number of anilines is 2. The van der Waals surface area contributed by atoms with Crippen LogP contribution in [0.15, 0.2) is 34.1 Å². The summed E-state index contributed by atoms with van der Waals surface area (Å²) in [5.74, 6) is 0. The third-order valence-electron chi connectivity index (χ3n) is 8.87. The maximum atomic E-state index is 11.5. The van der Waals surface area contributed by atoms with Crippen LogP contribution in [-0.4, -0.2) is 65.2 Å². The standard InChI is InChI=1S/C14H16N2O6S2.2C12H27N/c1-7-3-9(13(5-11(7)15)23(17,18)19)10-4-8(2)12(16)6-14(10)24(20,21)22;2*1-4-7-10-13(11-8-5-2)12-9-6-3/h3-6H,15-16H2,1-2H3,(H,17,18,19)(H,20,21,22);2*4-12H2,1-3H3. The molecule has 0 aromatic heterocycles. The minimum atomic E-state index is -4.96. The van der Waals surface area contributed by atoms with E-state index in [0.29, 0.717) is 11.1 Å². The van der Waals surface area contributed by atoms with Gasteiger partial charge in [0.2, 0.25) is 0 Å². The van der Waals surface area contributed by atoms with Crippen LogP contribution in [0.25, 0.3) is 11.1 Å². The minimum Gasteiger partial charge on any atom is -0.744 e. The van der Waals surface area contributed by atoms with Crippen LogP contribution in [0.4, 0.5) is 11.4 Å². The van der Waals surface area contributed by atoms with Gasteiger partial charge in [0, 0.05) is 22.5 Å². The molecule has 290 valence electrons. The number of unbranched alkanes of at least 4 members (excludes halogenated alkanes) is 6. The van der Waals surface area contributed by atoms with Crippen molar-refractivity contribution in [3.8, 4) is 11.1 Å². The number of nitrogen functional groups attached to an aromatic ring is 2. The van der Waals surface area contributed by atoms with Crippen LogP contribution in [0.1, 0.15) is 130 Å². The average Bonchev–Trinajstić information content (AvgIpc) is 3.05. The van der Waals surface area contributed by atoms with Gasteiger partial charge in [-0.15, -0.1) is 0 Å². The van der Waals surface area contributed by atoms with Crippen molar-refractivity contribution in [2.75, 3.05) is 50.7 Å². The molecule has 0 atom stereocenters. The Kier molecular flexibility index (Phi) is 24.5. The highest BCUT2D eigenvalue weighted by atomic mass is 32.2. The number of hydrogen-bond donors (Lipinski definition) is 4. The van der Waals surface area contributed by atoms with E-state index in [9.17, 15) is 25.9 Å². The molecule has 12 heteroatoms. The molecular weight excluding hydrogens is 673 g/mol. The molecule has 0 aliphatic carbocycles. The van der Waals surface area contributed by atoms with Gasteiger partial charge in [-0.05, 0) is 87.8 Å². The Bertz CT molecular complexity index is 1300. The maximum absolute atomic E-state index is 11.5. The van der Waals surface area contributed by atoms with Gasteiger partial charge >= 0.3 is 0 Å². The van der Waals surface area contributed by atoms with Gasteiger partial charge in [0.25, 0.3) is 0 Å². The summed E-state index contributed by atoms with van der Waals surface area (Å²) in [5.41, 5.74) is 11.8. The molecule has 0 spiro atoms. The Morgan fingerprint density at radius 3 is 0.880 bits per heavy atom. The highest BCUT2D eigenvalue weighted by molar-refractivity contribution is 7.86. The first kappa shape index (κ1) is 47.8. The van der Waals surface area contributed by atoms with Crippen LogP contribution in [0.2, 0.25) is 0 Å². The average molecular weight is 743 g/mol. The number of benzene rings is 2. The van der Waals surface area contributed by atoms with E-state index in [1.165, 1.54) is 128 Å². The van der Waals surface area contributed by atoms with Crippen LogP contribution in [-0.2, 0) is 20.2 Å². The van der Waals surface area contributed by atoms with E-state index >= 15 is 0 Å². The number of hydrogen-bond acceptors (Lipinski definition) is 8. The van der Waals surface area contributed by atoms with Crippen molar-refractivity contribution in [2.45, 2.75) is 142 Å². The monoisotopic (exact) mass is 742 g/mol. The van der Waals surface area contributed by atoms with Crippen LogP contribution in [0.3, 0.4) is 0 Å². The van der Waals surface area contributed by atoms with Crippen molar-refractivity contribution in [3.63, 3.8) is 0 Å². The predicted molar refractivity (Wildman–Crippen MR) is 207 cm³/mol. The van der Waals surface area contributed by atoms with Crippen molar-refractivity contribution in [1.82, 2.24) is 0 Å². The molecule has 0 saturated heterocycles. The van der Waals surface area contributed by atoms with Gasteiger partial charge in [-0.1, -0.05) is 80.1 Å². The fourth-order valence-corrected chi connectivity index (χ4v) is 6.97. The van der Waals surface area contributed by atoms with Crippen molar-refractivity contribution >= 4 is 31.6 Å². The minimum absolute atomic E-state index is 0.0480. The molecule has 0 bridgehead atoms. The number of rotatable bonds is 21. The van der Waals surface area contributed by atoms with E-state index in [4.69, 9.17) is 11.5 Å². The first-order valence-corrected chi connectivity index (χ1v) is 21.7. The zero-order valence-electron chi connectivity index (χ0n) is 32.5. The van der Waals surface area contributed by atoms with E-state index in [1.54, 1.807) is 13.8 Å². The predicted octanol–water partition coefficient (Wildman–Crippen LogP) is 5.49. The number of quaternary nitrogens is 2. The SMILES string of the molecule is CCCC[NH+](CCCC)CCCC.CCCC[NH+](CCCC)CCCC.Cc1cc(-c2cc(C)c(N)cc2S(=O)(=O)[O-])c(S(=O)(=O)[O-])cc1N. The molecule has 0 saturated carbocycles. The van der Waals surface area contributed by atoms with Gasteiger partial charge in [-0.2, -0.15) is 0 Å². The summed E-state index contributed by atoms with van der Waals surface area (Å²) < 4.78 is 69.2. The maximum Gasteiger partial charge on any atom is 0.125 e. The summed E-state index contributed by atoms with van der Waals surface area (Å²) in [6.45, 7) is 25.2. The second-order valence-corrected chi connectivity index (χ2v) is 16.1. The molecule has 2 rings (SSSR count). The summed E-state index contributed by atoms with van der Waals surface area (Å²) in [5, 5.41) is 0. The van der Waals surface area contributed by atoms with E-state index in [0.717, 1.165) is 12.1 Å². The molecule has 50 heavy (non-hydrogen) atoms. The number of nitrogens with two attached hydrogens (primary N) is 2. The fourth-order valence-electron chi connectivity index (χ4n) is 5.55. The molecule has 10 nitrogen and oxygen atoms in total. The summed E-state index contributed by atoms with van der Waals surface area (Å²) >= 11 is 0. The summed E-state index contributed by atoms with van der Waals surface area (Å²) in [4.78, 5) is 2.26. The second kappa shape index (κ2) is 25.7. The normalized spacial score (nSPS) is 11.7. The zero-order chi connectivity index (χ0) is 38.3. The van der Waals surface area contributed by atoms with Crippen molar-refractivity contribution in [2.24, 2.45) is 0 Å². The lowest BCUT2D eigenvalue weighted by Crippen LogP contribution is -3.12. The molecule has 0 aliphatic heterocycles. The van der Waals surface area contributed by atoms with Gasteiger partial charge in [0.1, 0.15) is 20.2 Å². The van der Waals surface area contributed by atoms with Gasteiger partial charge in [-0.3, -0.25) is 0 Å². The van der Waals surface area contributed by atoms with Crippen molar-refractivity contribution < 1.29 is 35.7 Å². The van der Waals surface area contributed by atoms with Crippen molar-refractivity contribution in [1.29, 1.82) is 0 Å². The highest BCUT2D eigenvalue weighted by Crippen LogP contribution is 2.37. The van der Waals surface area contributed by atoms with Crippen molar-refractivity contribution in [3.05, 3.63) is 35.4 Å². The lowest BCUT2D eigenvalue weighted by Gasteiger charge is -2.20. The van der Waals surface area contributed by atoms with Crippen LogP contribution < -0.4 is 21.3 Å². The van der Waals surface area contributed by atoms with Gasteiger partial charge in [0.05, 0.1) is 49.1 Å². The lowest BCUT2D eigenvalue weighted by atomic mass is 10.00. The molecular formula is C38H70N4O6S2. The van der Waals surface area contributed by atoms with E-state index in [-0.39, 0.29) is 22.5 Å². The molecule has 0 amide bonds. The first-order chi connectivity index (χ1) is 23.5. The summed E-state index contributed by atoms with van der Waals surface area (Å²) in [6.07, 6.45) is 16.5. The molecule has 0 aliphatic rings.